The van der Waals surface area contributed by atoms with E-state index in [1.54, 1.807) is 52.1 Å². The molecule has 1 aliphatic carbocycles. The summed E-state index contributed by atoms with van der Waals surface area (Å²) < 4.78 is -2.63. The van der Waals surface area contributed by atoms with Gasteiger partial charge in [-0.1, -0.05) is 22.6 Å². The Morgan fingerprint density at radius 1 is 1.52 bits per heavy atom. The standard InChI is InChI=1S/C11H14I3N3O4/c1-2-17-9(20)10(3-18)7(13)6(15)5(12)4(8(16)19)11(10,14)21/h7,15,18,21H,2-3H2,1H3,(H2,16,19)(H,17,20). The second-order valence-corrected chi connectivity index (χ2v) is 8.33. The first-order valence-corrected chi connectivity index (χ1v) is 9.23. The minimum atomic E-state index is -2.02. The topological polar surface area (TPSA) is 136 Å². The van der Waals surface area contributed by atoms with Gasteiger partial charge in [0.25, 0.3) is 0 Å². The van der Waals surface area contributed by atoms with Crippen molar-refractivity contribution in [1.29, 1.82) is 5.41 Å². The van der Waals surface area contributed by atoms with Gasteiger partial charge in [0.15, 0.2) is 3.61 Å². The Bertz CT molecular complexity index is 535. The minimum Gasteiger partial charge on any atom is -0.395 e. The molecule has 0 heterocycles. The van der Waals surface area contributed by atoms with Gasteiger partial charge in [0.1, 0.15) is 5.41 Å². The highest BCUT2D eigenvalue weighted by atomic mass is 127. The molecule has 6 N–H and O–H groups in total. The molecule has 0 aliphatic heterocycles. The fourth-order valence-corrected chi connectivity index (χ4v) is 7.32. The van der Waals surface area contributed by atoms with Gasteiger partial charge < -0.3 is 26.7 Å². The number of nitrogens with two attached hydrogens (primary N) is 1. The summed E-state index contributed by atoms with van der Waals surface area (Å²) in [6, 6.07) is 0. The summed E-state index contributed by atoms with van der Waals surface area (Å²) in [6.45, 7) is 1.26. The molecule has 0 fully saturated rings. The van der Waals surface area contributed by atoms with Crippen molar-refractivity contribution in [1.82, 2.24) is 5.32 Å². The summed E-state index contributed by atoms with van der Waals surface area (Å²) in [7, 11) is 0. The van der Waals surface area contributed by atoms with Crippen molar-refractivity contribution >= 4 is 85.3 Å². The van der Waals surface area contributed by atoms with Gasteiger partial charge >= 0.3 is 0 Å². The monoisotopic (exact) mass is 633 g/mol. The lowest BCUT2D eigenvalue weighted by molar-refractivity contribution is -0.140. The fraction of sp³-hybridized carbons (Fsp3) is 0.545. The van der Waals surface area contributed by atoms with E-state index in [-0.39, 0.29) is 21.4 Å². The third kappa shape index (κ3) is 2.85. The number of carbonyl (C=O) groups is 2. The van der Waals surface area contributed by atoms with Crippen LogP contribution in [0.15, 0.2) is 9.15 Å². The molecule has 0 radical (unpaired) electrons. The van der Waals surface area contributed by atoms with Gasteiger partial charge in [0.05, 0.1) is 21.8 Å². The van der Waals surface area contributed by atoms with Gasteiger partial charge in [-0.05, 0) is 52.1 Å². The first kappa shape index (κ1) is 19.5. The van der Waals surface area contributed by atoms with Crippen molar-refractivity contribution in [2.24, 2.45) is 11.1 Å². The van der Waals surface area contributed by atoms with E-state index in [0.29, 0.717) is 0 Å². The van der Waals surface area contributed by atoms with Gasteiger partial charge in [-0.15, -0.1) is 0 Å². The van der Waals surface area contributed by atoms with Crippen molar-refractivity contribution in [2.45, 2.75) is 14.5 Å². The lowest BCUT2D eigenvalue weighted by atomic mass is 9.70. The zero-order chi connectivity index (χ0) is 16.6. The molecule has 21 heavy (non-hydrogen) atoms. The zero-order valence-corrected chi connectivity index (χ0v) is 17.4. The van der Waals surface area contributed by atoms with Crippen LogP contribution in [0, 0.1) is 10.8 Å². The van der Waals surface area contributed by atoms with Crippen LogP contribution in [0.25, 0.3) is 0 Å². The summed E-state index contributed by atoms with van der Waals surface area (Å²) in [5, 5.41) is 31.4. The smallest absolute Gasteiger partial charge is 0.249 e. The summed E-state index contributed by atoms with van der Waals surface area (Å²) >= 11 is 5.12. The summed E-state index contributed by atoms with van der Waals surface area (Å²) in [4.78, 5) is 24.2. The molecule has 10 heteroatoms. The minimum absolute atomic E-state index is 0.0216. The number of primary amides is 1. The predicted octanol–water partition coefficient (Wildman–Crippen LogP) is 0.236. The van der Waals surface area contributed by atoms with Gasteiger partial charge in [0.2, 0.25) is 11.8 Å². The van der Waals surface area contributed by atoms with Crippen molar-refractivity contribution in [3.63, 3.8) is 0 Å². The van der Waals surface area contributed by atoms with E-state index >= 15 is 0 Å². The van der Waals surface area contributed by atoms with Crippen LogP contribution in [0.4, 0.5) is 0 Å². The first-order chi connectivity index (χ1) is 9.59. The molecule has 0 saturated carbocycles. The number of alkyl halides is 2. The van der Waals surface area contributed by atoms with Crippen LogP contribution in [0.3, 0.4) is 0 Å². The summed E-state index contributed by atoms with van der Waals surface area (Å²) in [6.07, 6.45) is 0. The van der Waals surface area contributed by atoms with E-state index in [1.165, 1.54) is 0 Å². The van der Waals surface area contributed by atoms with Gasteiger partial charge in [0, 0.05) is 10.1 Å². The summed E-state index contributed by atoms with van der Waals surface area (Å²) in [5.74, 6) is -1.55. The SMILES string of the molecule is CCNC(=O)C1(CO)C(I)C(=N)C(I)=C(C(N)=O)C1(O)I. The highest BCUT2D eigenvalue weighted by Gasteiger charge is 2.65. The molecule has 0 aromatic rings. The van der Waals surface area contributed by atoms with E-state index in [4.69, 9.17) is 11.1 Å². The maximum absolute atomic E-state index is 12.5. The number of hydrogen-bond acceptors (Lipinski definition) is 5. The lowest BCUT2D eigenvalue weighted by Gasteiger charge is -2.48. The maximum atomic E-state index is 12.5. The fourth-order valence-electron chi connectivity index (χ4n) is 2.14. The molecule has 0 saturated heterocycles. The van der Waals surface area contributed by atoms with Crippen LogP contribution in [-0.2, 0) is 9.59 Å². The molecule has 0 aromatic carbocycles. The Balaban J connectivity index is 3.69. The Labute approximate surface area is 162 Å². The molecule has 1 rings (SSSR count). The van der Waals surface area contributed by atoms with Gasteiger partial charge in [-0.2, -0.15) is 0 Å². The molecule has 7 nitrogen and oxygen atoms in total. The number of hydrogen-bond donors (Lipinski definition) is 5. The second-order valence-electron chi connectivity index (χ2n) is 4.44. The zero-order valence-electron chi connectivity index (χ0n) is 10.9. The van der Waals surface area contributed by atoms with E-state index in [2.05, 4.69) is 5.32 Å². The van der Waals surface area contributed by atoms with E-state index in [0.717, 1.165) is 0 Å². The van der Waals surface area contributed by atoms with Crippen LogP contribution in [0.5, 0.6) is 0 Å². The lowest BCUT2D eigenvalue weighted by Crippen LogP contribution is -2.66. The molecule has 3 unspecified atom stereocenters. The van der Waals surface area contributed by atoms with Gasteiger partial charge in [-0.25, -0.2) is 0 Å². The quantitative estimate of drug-likeness (QED) is 0.224. The van der Waals surface area contributed by atoms with Crippen LogP contribution in [0.1, 0.15) is 6.92 Å². The predicted molar refractivity (Wildman–Crippen MR) is 103 cm³/mol. The highest BCUT2D eigenvalue weighted by Crippen LogP contribution is 2.54. The first-order valence-electron chi connectivity index (χ1n) is 5.82. The van der Waals surface area contributed by atoms with Crippen molar-refractivity contribution in [3.8, 4) is 0 Å². The Kier molecular flexibility index (Phi) is 6.43. The molecular formula is C11H14I3N3O4. The maximum Gasteiger partial charge on any atom is 0.249 e. The van der Waals surface area contributed by atoms with Crippen LogP contribution >= 0.6 is 67.8 Å². The normalized spacial score (nSPS) is 33.0. The molecule has 1 aliphatic rings. The van der Waals surface area contributed by atoms with E-state index in [1.807, 2.05) is 22.6 Å². The van der Waals surface area contributed by atoms with E-state index < -0.39 is 31.4 Å². The van der Waals surface area contributed by atoms with Crippen molar-refractivity contribution < 1.29 is 19.8 Å². The Morgan fingerprint density at radius 2 is 2.05 bits per heavy atom. The number of allylic oxidation sites excluding steroid dienone is 1. The number of nitrogens with one attached hydrogen (secondary N) is 2. The highest BCUT2D eigenvalue weighted by molar-refractivity contribution is 14.1. The van der Waals surface area contributed by atoms with Crippen LogP contribution in [-0.4, -0.2) is 48.4 Å². The Morgan fingerprint density at radius 3 is 2.43 bits per heavy atom. The molecule has 0 bridgehead atoms. The molecule has 2 amide bonds. The third-order valence-corrected chi connectivity index (χ3v) is 7.61. The number of aliphatic hydroxyl groups is 2. The molecule has 0 aromatic heterocycles. The second kappa shape index (κ2) is 6.92. The van der Waals surface area contributed by atoms with Crippen molar-refractivity contribution in [3.05, 3.63) is 9.15 Å². The molecule has 3 atom stereocenters. The number of rotatable bonds is 4. The van der Waals surface area contributed by atoms with Crippen LogP contribution in [0.2, 0.25) is 0 Å². The average molecular weight is 633 g/mol. The van der Waals surface area contributed by atoms with Crippen LogP contribution < -0.4 is 11.1 Å². The number of carbonyl (C=O) groups excluding carboxylic acids is 2. The van der Waals surface area contributed by atoms with Crippen molar-refractivity contribution in [2.75, 3.05) is 13.2 Å². The number of halogens is 3. The number of aliphatic hydroxyl groups excluding tert-OH is 1. The van der Waals surface area contributed by atoms with Gasteiger partial charge in [-0.3, -0.25) is 9.59 Å². The van der Waals surface area contributed by atoms with E-state index in [9.17, 15) is 19.8 Å². The third-order valence-electron chi connectivity index (χ3n) is 3.30. The molecule has 118 valence electrons. The molecular weight excluding hydrogens is 619 g/mol. The number of amides is 2. The Hall–Kier alpha value is 0.460. The average Bonchev–Trinajstić information content (AvgIpc) is 2.36. The molecule has 0 spiro atoms. The largest absolute Gasteiger partial charge is 0.395 e. The summed E-state index contributed by atoms with van der Waals surface area (Å²) in [5.41, 5.74) is 3.29.